The lowest BCUT2D eigenvalue weighted by Gasteiger charge is -2.38. The highest BCUT2D eigenvalue weighted by Crippen LogP contribution is 2.23. The van der Waals surface area contributed by atoms with E-state index in [1.807, 2.05) is 18.2 Å². The van der Waals surface area contributed by atoms with Crippen LogP contribution in [0.15, 0.2) is 66.1 Å². The maximum Gasteiger partial charge on any atom is 0.278 e. The first-order chi connectivity index (χ1) is 18.7. The molecule has 204 valence electrons. The largest absolute Gasteiger partial charge is 0.369 e. The molecule has 0 amide bonds. The third-order valence-corrected chi connectivity index (χ3v) is 7.46. The van der Waals surface area contributed by atoms with Crippen molar-refractivity contribution in [1.29, 1.82) is 0 Å². The molecule has 0 unspecified atom stereocenters. The summed E-state index contributed by atoms with van der Waals surface area (Å²) in [6, 6.07) is 15.2. The second-order valence-corrected chi connectivity index (χ2v) is 11.6. The summed E-state index contributed by atoms with van der Waals surface area (Å²) in [4.78, 5) is 32.6. The van der Waals surface area contributed by atoms with Gasteiger partial charge in [0.2, 0.25) is 0 Å². The summed E-state index contributed by atoms with van der Waals surface area (Å²) in [5.41, 5.74) is 3.60. The summed E-state index contributed by atoms with van der Waals surface area (Å²) in [6.07, 6.45) is 3.93. The number of rotatable bonds is 7. The maximum atomic E-state index is 13.3. The average Bonchev–Trinajstić information content (AvgIpc) is 3.19. The van der Waals surface area contributed by atoms with E-state index in [0.717, 1.165) is 37.4 Å². The molecule has 0 N–H and O–H groups in total. The predicted octanol–water partition coefficient (Wildman–Crippen LogP) is 4.58. The molecule has 4 aromatic rings. The number of fused-ring (bicyclic) bond motifs is 1. The van der Waals surface area contributed by atoms with E-state index in [1.165, 1.54) is 5.69 Å². The van der Waals surface area contributed by atoms with Crippen molar-refractivity contribution in [3.63, 3.8) is 0 Å². The first-order valence-electron chi connectivity index (χ1n) is 13.8. The third kappa shape index (κ3) is 5.52. The van der Waals surface area contributed by atoms with Gasteiger partial charge in [-0.05, 0) is 43.7 Å². The van der Waals surface area contributed by atoms with E-state index in [0.29, 0.717) is 41.7 Å². The van der Waals surface area contributed by atoms with Gasteiger partial charge >= 0.3 is 0 Å². The number of piperazine rings is 1. The molecule has 0 spiro atoms. The first-order valence-corrected chi connectivity index (χ1v) is 13.8. The molecule has 39 heavy (non-hydrogen) atoms. The zero-order valence-electron chi connectivity index (χ0n) is 23.8. The van der Waals surface area contributed by atoms with Gasteiger partial charge < -0.3 is 4.90 Å². The molecule has 0 radical (unpaired) electrons. The lowest BCUT2D eigenvalue weighted by atomic mass is 9.92. The SMILES string of the molecule is C=CCn1c(=O)c2cnc(Cc3ccc(N4CCN(C(C)C)CC4)cc3)nc2n1-c1cccc(C(C)(C)C)n1. The number of anilines is 1. The van der Waals surface area contributed by atoms with E-state index in [9.17, 15) is 4.79 Å². The molecule has 0 atom stereocenters. The fourth-order valence-electron chi connectivity index (χ4n) is 5.13. The Kier molecular flexibility index (Phi) is 7.40. The van der Waals surface area contributed by atoms with Crippen molar-refractivity contribution in [3.8, 4) is 5.82 Å². The molecule has 4 heterocycles. The number of allylic oxidation sites excluding steroid dienone is 1. The van der Waals surface area contributed by atoms with Gasteiger partial charge in [-0.3, -0.25) is 9.69 Å². The number of aromatic nitrogens is 5. The molecule has 0 saturated carbocycles. The summed E-state index contributed by atoms with van der Waals surface area (Å²) in [7, 11) is 0. The van der Waals surface area contributed by atoms with Crippen molar-refractivity contribution in [1.82, 2.24) is 29.2 Å². The van der Waals surface area contributed by atoms with Crippen molar-refractivity contribution in [2.24, 2.45) is 0 Å². The minimum absolute atomic E-state index is 0.128. The number of hydrogen-bond donors (Lipinski definition) is 0. The van der Waals surface area contributed by atoms with Crippen LogP contribution in [0.5, 0.6) is 0 Å². The smallest absolute Gasteiger partial charge is 0.278 e. The Morgan fingerprint density at radius 3 is 2.36 bits per heavy atom. The Hall–Kier alpha value is -3.78. The van der Waals surface area contributed by atoms with Crippen molar-refractivity contribution < 1.29 is 0 Å². The van der Waals surface area contributed by atoms with E-state index >= 15 is 0 Å². The van der Waals surface area contributed by atoms with Crippen LogP contribution in [-0.4, -0.2) is 61.4 Å². The minimum Gasteiger partial charge on any atom is -0.369 e. The van der Waals surface area contributed by atoms with Crippen LogP contribution in [0.25, 0.3) is 16.9 Å². The molecule has 8 nitrogen and oxygen atoms in total. The molecule has 1 saturated heterocycles. The maximum absolute atomic E-state index is 13.3. The third-order valence-electron chi connectivity index (χ3n) is 7.46. The molecule has 5 rings (SSSR count). The Bertz CT molecular complexity index is 1520. The standard InChI is InChI=1S/C31H39N7O/c1-7-15-37-30(39)25-21-32-27(34-29(25)38(37)28-10-8-9-26(33-28)31(4,5)6)20-23-11-13-24(14-12-23)36-18-16-35(17-19-36)22(2)3/h7-14,21-22H,1,15-20H2,2-6H3. The molecule has 8 heteroatoms. The van der Waals surface area contributed by atoms with E-state index in [1.54, 1.807) is 21.6 Å². The van der Waals surface area contributed by atoms with Gasteiger partial charge in [-0.15, -0.1) is 6.58 Å². The number of pyridine rings is 1. The highest BCUT2D eigenvalue weighted by Gasteiger charge is 2.21. The minimum atomic E-state index is -0.152. The van der Waals surface area contributed by atoms with E-state index < -0.39 is 0 Å². The predicted molar refractivity (Wildman–Crippen MR) is 158 cm³/mol. The zero-order chi connectivity index (χ0) is 27.7. The van der Waals surface area contributed by atoms with Crippen LogP contribution in [-0.2, 0) is 18.4 Å². The van der Waals surface area contributed by atoms with Gasteiger partial charge in [-0.1, -0.05) is 45.0 Å². The summed E-state index contributed by atoms with van der Waals surface area (Å²) >= 11 is 0. The highest BCUT2D eigenvalue weighted by atomic mass is 16.1. The molecular formula is C31H39N7O. The van der Waals surface area contributed by atoms with Crippen LogP contribution in [0.2, 0.25) is 0 Å². The van der Waals surface area contributed by atoms with Gasteiger partial charge in [-0.2, -0.15) is 0 Å². The van der Waals surface area contributed by atoms with Crippen LogP contribution in [0, 0.1) is 0 Å². The monoisotopic (exact) mass is 525 g/mol. The Morgan fingerprint density at radius 2 is 1.72 bits per heavy atom. The number of benzene rings is 1. The zero-order valence-corrected chi connectivity index (χ0v) is 23.8. The van der Waals surface area contributed by atoms with Crippen LogP contribution in [0.4, 0.5) is 5.69 Å². The van der Waals surface area contributed by atoms with E-state index in [-0.39, 0.29) is 11.0 Å². The lowest BCUT2D eigenvalue weighted by Crippen LogP contribution is -2.48. The second-order valence-electron chi connectivity index (χ2n) is 11.6. The van der Waals surface area contributed by atoms with Gasteiger partial charge in [0, 0.05) is 61.6 Å². The number of nitrogens with zero attached hydrogens (tertiary/aromatic N) is 7. The number of hydrogen-bond acceptors (Lipinski definition) is 6. The Balaban J connectivity index is 1.44. The summed E-state index contributed by atoms with van der Waals surface area (Å²) < 4.78 is 3.43. The second kappa shape index (κ2) is 10.8. The average molecular weight is 526 g/mol. The summed E-state index contributed by atoms with van der Waals surface area (Å²) in [5.74, 6) is 1.32. The van der Waals surface area contributed by atoms with Gasteiger partial charge in [0.15, 0.2) is 11.5 Å². The fraction of sp³-hybridized carbons (Fsp3) is 0.419. The summed E-state index contributed by atoms with van der Waals surface area (Å²) in [6.45, 7) is 19.4. The van der Waals surface area contributed by atoms with Crippen molar-refractivity contribution in [2.45, 2.75) is 59.0 Å². The first kappa shape index (κ1) is 26.8. The van der Waals surface area contributed by atoms with Gasteiger partial charge in [0.05, 0.1) is 6.54 Å². The molecule has 0 aliphatic carbocycles. The molecular weight excluding hydrogens is 486 g/mol. The van der Waals surface area contributed by atoms with Crippen LogP contribution in [0.3, 0.4) is 0 Å². The van der Waals surface area contributed by atoms with Crippen molar-refractivity contribution in [2.75, 3.05) is 31.1 Å². The van der Waals surface area contributed by atoms with Gasteiger partial charge in [0.1, 0.15) is 11.2 Å². The van der Waals surface area contributed by atoms with E-state index in [4.69, 9.17) is 9.97 Å². The van der Waals surface area contributed by atoms with Gasteiger partial charge in [-0.25, -0.2) is 24.3 Å². The quantitative estimate of drug-likeness (QED) is 0.329. The van der Waals surface area contributed by atoms with E-state index in [2.05, 4.69) is 80.2 Å². The lowest BCUT2D eigenvalue weighted by molar-refractivity contribution is 0.209. The van der Waals surface area contributed by atoms with Crippen molar-refractivity contribution in [3.05, 3.63) is 88.8 Å². The normalized spacial score (nSPS) is 14.9. The fourth-order valence-corrected chi connectivity index (χ4v) is 5.13. The topological polar surface area (TPSA) is 72.1 Å². The summed E-state index contributed by atoms with van der Waals surface area (Å²) in [5, 5.41) is 0.472. The van der Waals surface area contributed by atoms with Gasteiger partial charge in [0.25, 0.3) is 5.56 Å². The molecule has 1 aromatic carbocycles. The molecule has 1 aliphatic heterocycles. The van der Waals surface area contributed by atoms with Crippen LogP contribution < -0.4 is 10.5 Å². The Labute approximate surface area is 230 Å². The Morgan fingerprint density at radius 1 is 1.00 bits per heavy atom. The van der Waals surface area contributed by atoms with Crippen molar-refractivity contribution >= 4 is 16.7 Å². The molecule has 0 bridgehead atoms. The van der Waals surface area contributed by atoms with Crippen LogP contribution >= 0.6 is 0 Å². The molecule has 3 aromatic heterocycles. The highest BCUT2D eigenvalue weighted by molar-refractivity contribution is 5.75. The molecule has 1 aliphatic rings. The molecule has 1 fully saturated rings. The van der Waals surface area contributed by atoms with Crippen LogP contribution in [0.1, 0.15) is 51.7 Å².